The van der Waals surface area contributed by atoms with Gasteiger partial charge in [0.05, 0.1) is 12.0 Å². The Hall–Kier alpha value is -3.34. The second kappa shape index (κ2) is 10.1. The molecule has 2 fully saturated rings. The number of nitrogens with one attached hydrogen (secondary N) is 1. The van der Waals surface area contributed by atoms with E-state index < -0.39 is 0 Å². The predicted octanol–water partition coefficient (Wildman–Crippen LogP) is 6.24. The highest BCUT2D eigenvalue weighted by Crippen LogP contribution is 2.48. The van der Waals surface area contributed by atoms with Crippen molar-refractivity contribution in [2.45, 2.75) is 51.7 Å². The molecule has 3 aromatic rings. The van der Waals surface area contributed by atoms with Crippen LogP contribution in [0.4, 0.5) is 4.79 Å². The third-order valence-electron chi connectivity index (χ3n) is 7.91. The van der Waals surface area contributed by atoms with Crippen molar-refractivity contribution in [3.8, 4) is 0 Å². The maximum absolute atomic E-state index is 13.6. The highest BCUT2D eigenvalue weighted by atomic mass is 16.6. The number of hydrogen-bond acceptors (Lipinski definition) is 3. The first-order chi connectivity index (χ1) is 17.0. The molecule has 2 aliphatic rings. The molecule has 182 valence electrons. The summed E-state index contributed by atoms with van der Waals surface area (Å²) >= 11 is 0. The van der Waals surface area contributed by atoms with Crippen molar-refractivity contribution in [2.24, 2.45) is 11.3 Å². The Morgan fingerprint density at radius 1 is 0.971 bits per heavy atom. The van der Waals surface area contributed by atoms with Crippen molar-refractivity contribution in [3.63, 3.8) is 0 Å². The molecule has 2 atom stereocenters. The second-order valence-electron chi connectivity index (χ2n) is 10.2. The molecule has 1 saturated carbocycles. The van der Waals surface area contributed by atoms with Gasteiger partial charge in [0.1, 0.15) is 6.61 Å². The molecule has 1 saturated heterocycles. The van der Waals surface area contributed by atoms with E-state index in [2.05, 4.69) is 35.6 Å². The van der Waals surface area contributed by atoms with E-state index in [1.165, 1.54) is 17.2 Å². The Balaban J connectivity index is 1.28. The topological polar surface area (TPSA) is 58.6 Å². The number of likely N-dealkylation sites (tertiary alicyclic amines) is 1. The predicted molar refractivity (Wildman–Crippen MR) is 138 cm³/mol. The van der Waals surface area contributed by atoms with Crippen molar-refractivity contribution in [1.29, 1.82) is 0 Å². The first-order valence-corrected chi connectivity index (χ1v) is 12.8. The Morgan fingerprint density at radius 2 is 1.69 bits per heavy atom. The zero-order valence-electron chi connectivity index (χ0n) is 20.4. The molecular weight excluding hydrogens is 436 g/mol. The van der Waals surface area contributed by atoms with Crippen LogP contribution in [0.5, 0.6) is 0 Å². The summed E-state index contributed by atoms with van der Waals surface area (Å²) < 4.78 is 5.62. The molecule has 3 aromatic carbocycles. The van der Waals surface area contributed by atoms with Crippen LogP contribution < -0.4 is 5.32 Å². The van der Waals surface area contributed by atoms with E-state index in [-0.39, 0.29) is 36.0 Å². The second-order valence-corrected chi connectivity index (χ2v) is 10.2. The highest BCUT2D eigenvalue weighted by Gasteiger charge is 2.51. The van der Waals surface area contributed by atoms with E-state index in [4.69, 9.17) is 4.74 Å². The average molecular weight is 471 g/mol. The molecule has 35 heavy (non-hydrogen) atoms. The van der Waals surface area contributed by atoms with Crippen LogP contribution in [0, 0.1) is 11.3 Å². The molecule has 5 rings (SSSR count). The van der Waals surface area contributed by atoms with Crippen LogP contribution in [0.15, 0.2) is 72.8 Å². The summed E-state index contributed by atoms with van der Waals surface area (Å²) in [6, 6.07) is 24.2. The van der Waals surface area contributed by atoms with Gasteiger partial charge in [0, 0.05) is 18.5 Å². The molecule has 0 aromatic heterocycles. The lowest BCUT2D eigenvalue weighted by molar-refractivity contribution is -0.129. The SMILES string of the molecule is C[C@@H](NC(=O)[C@@H]1CN(C(=O)OCc2ccccc2)CC12CCCCC2)c1ccc2ccccc2c1. The van der Waals surface area contributed by atoms with E-state index in [1.807, 2.05) is 49.4 Å². The number of carbonyl (C=O) groups is 2. The standard InChI is InChI=1S/C30H34N2O3/c1-22(25-15-14-24-12-6-7-13-26(24)18-25)31-28(33)27-19-32(21-30(27)16-8-3-9-17-30)29(34)35-20-23-10-4-2-5-11-23/h2,4-7,10-15,18,22,27H,3,8-9,16-17,19-21H2,1H3,(H,31,33)/t22-,27+/m1/s1. The van der Waals surface area contributed by atoms with Crippen molar-refractivity contribution in [1.82, 2.24) is 10.2 Å². The van der Waals surface area contributed by atoms with Crippen LogP contribution in [0.2, 0.25) is 0 Å². The third-order valence-corrected chi connectivity index (χ3v) is 7.91. The summed E-state index contributed by atoms with van der Waals surface area (Å²) in [5.41, 5.74) is 1.90. The highest BCUT2D eigenvalue weighted by molar-refractivity contribution is 5.84. The van der Waals surface area contributed by atoms with Crippen molar-refractivity contribution in [2.75, 3.05) is 13.1 Å². The number of benzene rings is 3. The minimum Gasteiger partial charge on any atom is -0.445 e. The molecule has 0 bridgehead atoms. The first kappa shape index (κ1) is 23.4. The van der Waals surface area contributed by atoms with Gasteiger partial charge in [0.15, 0.2) is 0 Å². The van der Waals surface area contributed by atoms with Crippen LogP contribution in [-0.4, -0.2) is 30.0 Å². The molecule has 0 unspecified atom stereocenters. The van der Waals surface area contributed by atoms with Crippen LogP contribution >= 0.6 is 0 Å². The van der Waals surface area contributed by atoms with Crippen molar-refractivity contribution >= 4 is 22.8 Å². The summed E-state index contributed by atoms with van der Waals surface area (Å²) in [6.07, 6.45) is 5.06. The molecule has 5 nitrogen and oxygen atoms in total. The first-order valence-electron chi connectivity index (χ1n) is 12.8. The fourth-order valence-corrected chi connectivity index (χ4v) is 5.92. The van der Waals surface area contributed by atoms with Gasteiger partial charge in [-0.1, -0.05) is 86.0 Å². The quantitative estimate of drug-likeness (QED) is 0.480. The molecule has 1 N–H and O–H groups in total. The van der Waals surface area contributed by atoms with E-state index in [1.54, 1.807) is 4.90 Å². The van der Waals surface area contributed by atoms with Gasteiger partial charge in [0.2, 0.25) is 5.91 Å². The summed E-state index contributed by atoms with van der Waals surface area (Å²) in [4.78, 5) is 28.3. The number of hydrogen-bond donors (Lipinski definition) is 1. The van der Waals surface area contributed by atoms with Crippen molar-refractivity contribution < 1.29 is 14.3 Å². The van der Waals surface area contributed by atoms with E-state index >= 15 is 0 Å². The minimum atomic E-state index is -0.323. The lowest BCUT2D eigenvalue weighted by atomic mass is 9.67. The van der Waals surface area contributed by atoms with E-state index in [0.717, 1.165) is 36.8 Å². The van der Waals surface area contributed by atoms with E-state index in [9.17, 15) is 9.59 Å². The Bertz CT molecular complexity index is 1190. The van der Waals surface area contributed by atoms with Crippen LogP contribution in [0.25, 0.3) is 10.8 Å². The Kier molecular flexibility index (Phi) is 6.76. The van der Waals surface area contributed by atoms with Gasteiger partial charge in [-0.2, -0.15) is 0 Å². The third kappa shape index (κ3) is 5.04. The number of fused-ring (bicyclic) bond motifs is 1. The molecule has 2 amide bonds. The lowest BCUT2D eigenvalue weighted by Crippen LogP contribution is -2.43. The van der Waals surface area contributed by atoms with Crippen molar-refractivity contribution in [3.05, 3.63) is 83.9 Å². The molecule has 1 heterocycles. The Labute approximate surface area is 207 Å². The molecule has 0 radical (unpaired) electrons. The maximum Gasteiger partial charge on any atom is 0.410 e. The van der Waals surface area contributed by atoms with Crippen LogP contribution in [-0.2, 0) is 16.1 Å². The maximum atomic E-state index is 13.6. The Morgan fingerprint density at radius 3 is 2.46 bits per heavy atom. The number of rotatable bonds is 5. The molecule has 1 spiro atoms. The number of nitrogens with zero attached hydrogens (tertiary/aromatic N) is 1. The summed E-state index contributed by atoms with van der Waals surface area (Å²) in [6.45, 7) is 3.31. The largest absolute Gasteiger partial charge is 0.445 e. The smallest absolute Gasteiger partial charge is 0.410 e. The molecular formula is C30H34N2O3. The summed E-state index contributed by atoms with van der Waals surface area (Å²) in [7, 11) is 0. The van der Waals surface area contributed by atoms with Crippen LogP contribution in [0.3, 0.4) is 0 Å². The molecule has 1 aliphatic carbocycles. The normalized spacial score (nSPS) is 20.0. The van der Waals surface area contributed by atoms with Gasteiger partial charge in [0.25, 0.3) is 0 Å². The zero-order valence-corrected chi connectivity index (χ0v) is 20.4. The fourth-order valence-electron chi connectivity index (χ4n) is 5.92. The minimum absolute atomic E-state index is 0.0471. The summed E-state index contributed by atoms with van der Waals surface area (Å²) in [5, 5.41) is 5.63. The van der Waals surface area contributed by atoms with Gasteiger partial charge >= 0.3 is 6.09 Å². The number of amides is 2. The van der Waals surface area contributed by atoms with Gasteiger partial charge < -0.3 is 15.0 Å². The molecule has 5 heteroatoms. The molecule has 1 aliphatic heterocycles. The van der Waals surface area contributed by atoms with Gasteiger partial charge in [-0.3, -0.25) is 4.79 Å². The summed E-state index contributed by atoms with van der Waals surface area (Å²) in [5.74, 6) is -0.166. The van der Waals surface area contributed by atoms with Gasteiger partial charge in [-0.15, -0.1) is 0 Å². The van der Waals surface area contributed by atoms with Gasteiger partial charge in [-0.25, -0.2) is 4.79 Å². The lowest BCUT2D eigenvalue weighted by Gasteiger charge is -2.37. The average Bonchev–Trinajstić information content (AvgIpc) is 3.26. The van der Waals surface area contributed by atoms with E-state index in [0.29, 0.717) is 13.1 Å². The van der Waals surface area contributed by atoms with Crippen LogP contribution in [0.1, 0.15) is 56.2 Å². The number of ether oxygens (including phenoxy) is 1. The number of carbonyl (C=O) groups excluding carboxylic acids is 2. The van der Waals surface area contributed by atoms with Gasteiger partial charge in [-0.05, 0) is 47.7 Å². The zero-order chi connectivity index (χ0) is 24.3. The fraction of sp³-hybridized carbons (Fsp3) is 0.400. The monoisotopic (exact) mass is 470 g/mol.